The molecule has 4 nitrogen and oxygen atoms in total. The van der Waals surface area contributed by atoms with Gasteiger partial charge in [-0.05, 0) is 43.0 Å². The number of H-pyrrole nitrogens is 1. The topological polar surface area (TPSA) is 62.1 Å². The van der Waals surface area contributed by atoms with Crippen molar-refractivity contribution < 1.29 is 4.79 Å². The highest BCUT2D eigenvalue weighted by atomic mass is 16.1. The molecular weight excluding hydrogens is 286 g/mol. The molecule has 122 valence electrons. The second-order valence-electron chi connectivity index (χ2n) is 7.06. The van der Waals surface area contributed by atoms with E-state index in [0.29, 0.717) is 12.0 Å². The number of rotatable bonds is 4. The second kappa shape index (κ2) is 5.77. The zero-order valence-electron chi connectivity index (χ0n) is 13.7. The van der Waals surface area contributed by atoms with Crippen LogP contribution in [0.15, 0.2) is 24.4 Å². The van der Waals surface area contributed by atoms with E-state index in [9.17, 15) is 4.79 Å². The summed E-state index contributed by atoms with van der Waals surface area (Å²) in [4.78, 5) is 18.2. The molecule has 0 unspecified atom stereocenters. The van der Waals surface area contributed by atoms with E-state index in [4.69, 9.17) is 5.73 Å². The monoisotopic (exact) mass is 311 g/mol. The summed E-state index contributed by atoms with van der Waals surface area (Å²) in [6.45, 7) is 4.32. The molecule has 0 spiro atoms. The summed E-state index contributed by atoms with van der Waals surface area (Å²) in [6, 6.07) is 7.07. The van der Waals surface area contributed by atoms with Crippen LogP contribution in [0.5, 0.6) is 0 Å². The van der Waals surface area contributed by atoms with Crippen molar-refractivity contribution in [2.75, 3.05) is 19.6 Å². The normalized spacial score (nSPS) is 27.1. The summed E-state index contributed by atoms with van der Waals surface area (Å²) in [7, 11) is 0. The minimum absolute atomic E-state index is 0.0866. The molecule has 4 rings (SSSR count). The van der Waals surface area contributed by atoms with Crippen molar-refractivity contribution in [1.29, 1.82) is 0 Å². The largest absolute Gasteiger partial charge is 0.361 e. The summed E-state index contributed by atoms with van der Waals surface area (Å²) < 4.78 is 0. The van der Waals surface area contributed by atoms with Crippen molar-refractivity contribution in [1.82, 2.24) is 9.88 Å². The number of nitrogens with one attached hydrogen (secondary N) is 1. The second-order valence-corrected chi connectivity index (χ2v) is 7.06. The minimum atomic E-state index is 0.0866. The first kappa shape index (κ1) is 14.9. The van der Waals surface area contributed by atoms with Crippen molar-refractivity contribution in [3.63, 3.8) is 0 Å². The van der Waals surface area contributed by atoms with E-state index in [1.54, 1.807) is 0 Å². The number of Topliss-reactive ketones (excluding diaryl/α,β-unsaturated/α-hetero) is 1. The van der Waals surface area contributed by atoms with Gasteiger partial charge in [0.15, 0.2) is 5.78 Å². The third kappa shape index (κ3) is 2.32. The Morgan fingerprint density at radius 1 is 1.43 bits per heavy atom. The van der Waals surface area contributed by atoms with E-state index in [2.05, 4.69) is 41.2 Å². The van der Waals surface area contributed by atoms with Gasteiger partial charge in [0.05, 0.1) is 6.54 Å². The third-order valence-electron chi connectivity index (χ3n) is 5.74. The van der Waals surface area contributed by atoms with Gasteiger partial charge in [-0.2, -0.15) is 0 Å². The van der Waals surface area contributed by atoms with Gasteiger partial charge >= 0.3 is 0 Å². The van der Waals surface area contributed by atoms with Crippen molar-refractivity contribution in [3.8, 4) is 0 Å². The van der Waals surface area contributed by atoms with Gasteiger partial charge in [0.25, 0.3) is 0 Å². The van der Waals surface area contributed by atoms with E-state index in [1.165, 1.54) is 22.0 Å². The maximum atomic E-state index is 12.3. The zero-order chi connectivity index (χ0) is 16.0. The number of aromatic nitrogens is 1. The predicted octanol–water partition coefficient (Wildman–Crippen LogP) is 2.44. The lowest BCUT2D eigenvalue weighted by molar-refractivity contribution is -0.124. The SMILES string of the molecule is CCCN1C[C@H](C(=O)CN)C[C@@H]2c3cccc4[nH]cc(c34)C[C@H]21. The van der Waals surface area contributed by atoms with E-state index in [1.807, 2.05) is 0 Å². The molecule has 2 heterocycles. The highest BCUT2D eigenvalue weighted by molar-refractivity contribution is 5.89. The van der Waals surface area contributed by atoms with Crippen LogP contribution in [-0.4, -0.2) is 41.3 Å². The Balaban J connectivity index is 1.77. The molecule has 3 N–H and O–H groups in total. The van der Waals surface area contributed by atoms with Crippen LogP contribution in [0.4, 0.5) is 0 Å². The van der Waals surface area contributed by atoms with Gasteiger partial charge in [-0.1, -0.05) is 19.1 Å². The smallest absolute Gasteiger partial charge is 0.150 e. The van der Waals surface area contributed by atoms with Crippen molar-refractivity contribution in [2.24, 2.45) is 11.7 Å². The van der Waals surface area contributed by atoms with E-state index >= 15 is 0 Å². The molecule has 1 aliphatic heterocycles. The molecule has 4 heteroatoms. The fraction of sp³-hybridized carbons (Fsp3) is 0.526. The quantitative estimate of drug-likeness (QED) is 0.911. The van der Waals surface area contributed by atoms with Gasteiger partial charge in [-0.3, -0.25) is 9.69 Å². The number of likely N-dealkylation sites (tertiary alicyclic amines) is 1. The average molecular weight is 311 g/mol. The molecule has 2 aliphatic rings. The molecule has 1 fully saturated rings. The van der Waals surface area contributed by atoms with Crippen LogP contribution in [0.3, 0.4) is 0 Å². The number of piperidine rings is 1. The number of hydrogen-bond acceptors (Lipinski definition) is 3. The number of carbonyl (C=O) groups excluding carboxylic acids is 1. The van der Waals surface area contributed by atoms with Crippen LogP contribution < -0.4 is 5.73 Å². The number of ketones is 1. The molecule has 0 amide bonds. The van der Waals surface area contributed by atoms with Crippen LogP contribution in [-0.2, 0) is 11.2 Å². The Kier molecular flexibility index (Phi) is 3.74. The Bertz CT molecular complexity index is 735. The van der Waals surface area contributed by atoms with Crippen LogP contribution in [0, 0.1) is 5.92 Å². The lowest BCUT2D eigenvalue weighted by atomic mass is 9.71. The predicted molar refractivity (Wildman–Crippen MR) is 92.6 cm³/mol. The molecule has 0 radical (unpaired) electrons. The molecule has 3 atom stereocenters. The third-order valence-corrected chi connectivity index (χ3v) is 5.74. The molecule has 0 saturated carbocycles. The maximum Gasteiger partial charge on any atom is 0.150 e. The van der Waals surface area contributed by atoms with E-state index in [-0.39, 0.29) is 18.2 Å². The summed E-state index contributed by atoms with van der Waals surface area (Å²) in [5, 5.41) is 1.39. The van der Waals surface area contributed by atoms with Crippen molar-refractivity contribution in [3.05, 3.63) is 35.5 Å². The van der Waals surface area contributed by atoms with Gasteiger partial charge in [-0.15, -0.1) is 0 Å². The van der Waals surface area contributed by atoms with Gasteiger partial charge < -0.3 is 10.7 Å². The van der Waals surface area contributed by atoms with Gasteiger partial charge in [0.1, 0.15) is 0 Å². The van der Waals surface area contributed by atoms with Gasteiger partial charge in [0.2, 0.25) is 0 Å². The Hall–Kier alpha value is -1.65. The Morgan fingerprint density at radius 3 is 3.09 bits per heavy atom. The number of nitrogens with two attached hydrogens (primary N) is 1. The van der Waals surface area contributed by atoms with Crippen LogP contribution in [0.25, 0.3) is 10.9 Å². The fourth-order valence-electron chi connectivity index (χ4n) is 4.74. The number of aromatic amines is 1. The number of fused-ring (bicyclic) bond motifs is 2. The highest BCUT2D eigenvalue weighted by Crippen LogP contribution is 2.44. The number of carbonyl (C=O) groups is 1. The first-order valence-corrected chi connectivity index (χ1v) is 8.78. The fourth-order valence-corrected chi connectivity index (χ4v) is 4.74. The first-order chi connectivity index (χ1) is 11.2. The molecule has 1 aliphatic carbocycles. The van der Waals surface area contributed by atoms with Crippen molar-refractivity contribution >= 4 is 16.7 Å². The van der Waals surface area contributed by atoms with Crippen LogP contribution >= 0.6 is 0 Å². The molecule has 0 bridgehead atoms. The summed E-state index contributed by atoms with van der Waals surface area (Å²) >= 11 is 0. The number of hydrogen-bond donors (Lipinski definition) is 2. The first-order valence-electron chi connectivity index (χ1n) is 8.78. The van der Waals surface area contributed by atoms with E-state index < -0.39 is 0 Å². The molecule has 23 heavy (non-hydrogen) atoms. The highest BCUT2D eigenvalue weighted by Gasteiger charge is 2.41. The minimum Gasteiger partial charge on any atom is -0.361 e. The molecular formula is C19H25N3O. The number of nitrogens with zero attached hydrogens (tertiary/aromatic N) is 1. The van der Waals surface area contributed by atoms with Gasteiger partial charge in [-0.25, -0.2) is 0 Å². The van der Waals surface area contributed by atoms with Crippen LogP contribution in [0.1, 0.15) is 36.8 Å². The molecule has 1 aromatic carbocycles. The average Bonchev–Trinajstić information content (AvgIpc) is 2.99. The molecule has 2 aromatic rings. The summed E-state index contributed by atoms with van der Waals surface area (Å²) in [5.74, 6) is 0.753. The Morgan fingerprint density at radius 2 is 2.30 bits per heavy atom. The van der Waals surface area contributed by atoms with Crippen molar-refractivity contribution in [2.45, 2.75) is 38.1 Å². The van der Waals surface area contributed by atoms with E-state index in [0.717, 1.165) is 32.4 Å². The standard InChI is InChI=1S/C19H25N3O/c1-2-6-22-11-13(18(23)9-20)7-15-14-4-3-5-16-19(14)12(10-21-16)8-17(15)22/h3-5,10,13,15,17,21H,2,6-9,11,20H2,1H3/t13-,15-,17-/m1/s1. The number of benzene rings is 1. The lowest BCUT2D eigenvalue weighted by Gasteiger charge is -2.46. The lowest BCUT2D eigenvalue weighted by Crippen LogP contribution is -2.52. The summed E-state index contributed by atoms with van der Waals surface area (Å²) in [5.41, 5.74) is 9.73. The summed E-state index contributed by atoms with van der Waals surface area (Å²) in [6.07, 6.45) is 5.33. The molecule has 1 aromatic heterocycles. The Labute approximate surface area is 137 Å². The molecule has 1 saturated heterocycles. The van der Waals surface area contributed by atoms with Gasteiger partial charge in [0, 0.05) is 41.5 Å². The maximum absolute atomic E-state index is 12.3. The van der Waals surface area contributed by atoms with Crippen LogP contribution in [0.2, 0.25) is 0 Å². The zero-order valence-corrected chi connectivity index (χ0v) is 13.7.